The van der Waals surface area contributed by atoms with Crippen LogP contribution in [0.25, 0.3) is 0 Å². The number of hydrogen-bond acceptors (Lipinski definition) is 6. The van der Waals surface area contributed by atoms with Crippen molar-refractivity contribution in [3.63, 3.8) is 0 Å². The molecule has 0 radical (unpaired) electrons. The number of aromatic carboxylic acids is 1. The summed E-state index contributed by atoms with van der Waals surface area (Å²) in [7, 11) is 0. The topological polar surface area (TPSA) is 153 Å². The van der Waals surface area contributed by atoms with Crippen molar-refractivity contribution in [3.05, 3.63) is 117 Å². The van der Waals surface area contributed by atoms with Gasteiger partial charge in [0, 0.05) is 35.1 Å². The zero-order chi connectivity index (χ0) is 39.7. The van der Waals surface area contributed by atoms with Crippen molar-refractivity contribution >= 4 is 74.7 Å². The second kappa shape index (κ2) is 20.1. The van der Waals surface area contributed by atoms with E-state index in [0.717, 1.165) is 78.5 Å². The van der Waals surface area contributed by atoms with Crippen molar-refractivity contribution in [2.24, 2.45) is 5.41 Å². The Kier molecular flexibility index (Phi) is 15.8. The van der Waals surface area contributed by atoms with Gasteiger partial charge in [0.05, 0.1) is 16.5 Å². The van der Waals surface area contributed by atoms with Crippen LogP contribution < -0.4 is 10.6 Å². The molecule has 0 saturated heterocycles. The van der Waals surface area contributed by atoms with Crippen molar-refractivity contribution in [2.75, 3.05) is 10.6 Å². The number of rotatable bonds is 17. The van der Waals surface area contributed by atoms with Crippen LogP contribution in [0.3, 0.4) is 0 Å². The molecule has 4 aromatic rings. The Bertz CT molecular complexity index is 2030. The first kappa shape index (κ1) is 44.2. The minimum atomic E-state index is -1.02. The normalized spacial score (nSPS) is 12.3. The van der Waals surface area contributed by atoms with Gasteiger partial charge in [-0.3, -0.25) is 19.2 Å². The number of nitrogens with zero attached hydrogens (tertiary/aromatic N) is 1. The number of carboxylic acid groups (broad SMARTS) is 2. The first-order valence-electron chi connectivity index (χ1n) is 19.1. The fourth-order valence-corrected chi connectivity index (χ4v) is 8.23. The van der Waals surface area contributed by atoms with Crippen molar-refractivity contribution in [1.82, 2.24) is 4.90 Å². The zero-order valence-electron chi connectivity index (χ0n) is 34.8. The van der Waals surface area contributed by atoms with E-state index in [1.54, 1.807) is 49.1 Å². The summed E-state index contributed by atoms with van der Waals surface area (Å²) in [4.78, 5) is 66.9. The van der Waals surface area contributed by atoms with E-state index in [1.165, 1.54) is 11.3 Å². The molecule has 0 unspecified atom stereocenters. The Hall–Kier alpha value is -4.52. The van der Waals surface area contributed by atoms with Crippen LogP contribution in [0, 0.1) is 5.41 Å². The van der Waals surface area contributed by atoms with E-state index in [0.29, 0.717) is 28.4 Å². The van der Waals surface area contributed by atoms with E-state index < -0.39 is 17.4 Å². The van der Waals surface area contributed by atoms with Gasteiger partial charge in [-0.25, -0.2) is 4.79 Å². The monoisotopic (exact) mass is 791 g/mol. The Labute approximate surface area is 352 Å². The summed E-state index contributed by atoms with van der Waals surface area (Å²) in [6, 6.07) is 21.7. The van der Waals surface area contributed by atoms with E-state index in [-0.39, 0.29) is 68.1 Å². The molecule has 0 saturated carbocycles. The van der Waals surface area contributed by atoms with E-state index in [9.17, 15) is 29.1 Å². The number of aryl methyl sites for hydroxylation is 3. The van der Waals surface area contributed by atoms with Crippen LogP contribution in [0.15, 0.2) is 72.8 Å². The quantitative estimate of drug-likeness (QED) is 0.0780. The molecular formula is C44H53MgN3O7S. The minimum absolute atomic E-state index is 0. The van der Waals surface area contributed by atoms with Crippen LogP contribution in [-0.2, 0) is 41.8 Å². The molecule has 1 heterocycles. The molecule has 0 fully saturated rings. The van der Waals surface area contributed by atoms with Crippen LogP contribution >= 0.6 is 11.3 Å². The maximum absolute atomic E-state index is 13.9. The molecule has 1 aromatic heterocycles. The molecule has 3 amide bonds. The number of carboxylic acids is 2. The summed E-state index contributed by atoms with van der Waals surface area (Å²) in [6.07, 6.45) is 6.93. The fraction of sp³-hybridized carbons (Fsp3) is 0.386. The average molecular weight is 792 g/mol. The smallest absolute Gasteiger partial charge is 1.00 e. The molecule has 0 atom stereocenters. The first-order chi connectivity index (χ1) is 26.3. The Morgan fingerprint density at radius 3 is 2.04 bits per heavy atom. The number of amides is 3. The molecule has 3 aromatic carbocycles. The van der Waals surface area contributed by atoms with Gasteiger partial charge >= 0.3 is 35.0 Å². The summed E-state index contributed by atoms with van der Waals surface area (Å²) >= 11 is 1.45. The van der Waals surface area contributed by atoms with Gasteiger partial charge in [0.1, 0.15) is 5.00 Å². The van der Waals surface area contributed by atoms with Crippen molar-refractivity contribution in [2.45, 2.75) is 104 Å². The van der Waals surface area contributed by atoms with Crippen LogP contribution in [-0.4, -0.2) is 73.9 Å². The number of fused-ring (bicyclic) bond motifs is 1. The molecule has 0 bridgehead atoms. The molecular weight excluding hydrogens is 739 g/mol. The maximum Gasteiger partial charge on any atom is 2.00 e. The summed E-state index contributed by atoms with van der Waals surface area (Å²) in [5.41, 5.74) is 4.67. The molecule has 1 aliphatic carbocycles. The average Bonchev–Trinajstić information content (AvgIpc) is 3.54. The van der Waals surface area contributed by atoms with Gasteiger partial charge in [-0.05, 0) is 130 Å². The third-order valence-corrected chi connectivity index (χ3v) is 11.7. The fourth-order valence-electron chi connectivity index (χ4n) is 6.95. The standard InChI is InChI=1S/C44H51N3O7S.Mg.2H/c1-5-34(6-2)47(37(48)24-25-44(3,4)43(53)54)27-30-10-9-11-32(26-30)39(49)46-41-38(35-12-7-8-13-36(35)55-41)40(50)45-33-22-18-29(19-23-33)15-14-28-16-20-31(21-17-28)42(51)52;;;/h9-11,16-23,26,34H,5-8,12-15,24-25,27H2,1-4H3,(H,45,50)(H,46,49)(H,51,52)(H,53,54);;;/q;+2;2*-1. The molecule has 0 spiro atoms. The predicted octanol–water partition coefficient (Wildman–Crippen LogP) is 8.87. The van der Waals surface area contributed by atoms with Crippen molar-refractivity contribution < 1.29 is 37.0 Å². The third kappa shape index (κ3) is 11.3. The zero-order valence-corrected chi connectivity index (χ0v) is 35.0. The van der Waals surface area contributed by atoms with Gasteiger partial charge in [-0.2, -0.15) is 0 Å². The van der Waals surface area contributed by atoms with E-state index in [2.05, 4.69) is 10.6 Å². The molecule has 1 aliphatic rings. The summed E-state index contributed by atoms with van der Waals surface area (Å²) in [6.45, 7) is 7.59. The molecule has 5 rings (SSSR count). The van der Waals surface area contributed by atoms with Crippen LogP contribution in [0.5, 0.6) is 0 Å². The van der Waals surface area contributed by atoms with E-state index in [4.69, 9.17) is 5.11 Å². The Morgan fingerprint density at radius 2 is 1.43 bits per heavy atom. The van der Waals surface area contributed by atoms with Crippen LogP contribution in [0.2, 0.25) is 0 Å². The molecule has 294 valence electrons. The molecule has 4 N–H and O–H groups in total. The van der Waals surface area contributed by atoms with Gasteiger partial charge < -0.3 is 28.6 Å². The summed E-state index contributed by atoms with van der Waals surface area (Å²) < 4.78 is 0. The second-order valence-electron chi connectivity index (χ2n) is 14.9. The number of benzene rings is 3. The molecule has 10 nitrogen and oxygen atoms in total. The van der Waals surface area contributed by atoms with Crippen LogP contribution in [0.4, 0.5) is 10.7 Å². The van der Waals surface area contributed by atoms with Gasteiger partial charge in [0.2, 0.25) is 5.91 Å². The van der Waals surface area contributed by atoms with E-state index >= 15 is 0 Å². The number of aliphatic carboxylic acids is 1. The maximum atomic E-state index is 13.9. The Morgan fingerprint density at radius 1 is 0.804 bits per heavy atom. The number of carbonyl (C=O) groups is 5. The second-order valence-corrected chi connectivity index (χ2v) is 16.0. The van der Waals surface area contributed by atoms with E-state index in [1.807, 2.05) is 56.3 Å². The SMILES string of the molecule is CCC(CC)N(Cc1cccc(C(=O)Nc2sc3c(c2C(=O)Nc2ccc(CCc4ccc(C(=O)O)cc4)cc2)CCCC3)c1)C(=O)CCC(C)(C)C(=O)O.[H-].[H-].[Mg+2]. The number of carbonyl (C=O) groups excluding carboxylic acids is 3. The molecule has 0 aliphatic heterocycles. The number of hydrogen-bond donors (Lipinski definition) is 4. The third-order valence-electron chi connectivity index (χ3n) is 10.5. The summed E-state index contributed by atoms with van der Waals surface area (Å²) in [5.74, 6) is -2.63. The molecule has 12 heteroatoms. The van der Waals surface area contributed by atoms with Gasteiger partial charge in [0.25, 0.3) is 11.8 Å². The van der Waals surface area contributed by atoms with Crippen molar-refractivity contribution in [1.29, 1.82) is 0 Å². The van der Waals surface area contributed by atoms with Gasteiger partial charge in [-0.1, -0.05) is 50.2 Å². The predicted molar refractivity (Wildman–Crippen MR) is 224 cm³/mol. The van der Waals surface area contributed by atoms with Gasteiger partial charge in [-0.15, -0.1) is 11.3 Å². The number of nitrogens with one attached hydrogen (secondary N) is 2. The minimum Gasteiger partial charge on any atom is -1.00 e. The summed E-state index contributed by atoms with van der Waals surface area (Å²) in [5, 5.41) is 25.3. The Balaban J connectivity index is 0.00000387. The van der Waals surface area contributed by atoms with Crippen molar-refractivity contribution in [3.8, 4) is 0 Å². The van der Waals surface area contributed by atoms with Crippen LogP contribution in [0.1, 0.15) is 127 Å². The molecule has 56 heavy (non-hydrogen) atoms. The number of anilines is 2. The van der Waals surface area contributed by atoms with Gasteiger partial charge in [0.15, 0.2) is 0 Å². The largest absolute Gasteiger partial charge is 2.00 e. The number of thiophene rings is 1. The first-order valence-corrected chi connectivity index (χ1v) is 19.9.